The first-order valence-electron chi connectivity index (χ1n) is 8.01. The number of carbonyl (C=O) groups excluding carboxylic acids is 1. The van der Waals surface area contributed by atoms with Crippen molar-refractivity contribution in [1.29, 1.82) is 0 Å². The van der Waals surface area contributed by atoms with Crippen molar-refractivity contribution in [3.63, 3.8) is 0 Å². The molecule has 5 nitrogen and oxygen atoms in total. The zero-order valence-corrected chi connectivity index (χ0v) is 14.1. The highest BCUT2D eigenvalue weighted by Crippen LogP contribution is 2.14. The summed E-state index contributed by atoms with van der Waals surface area (Å²) in [4.78, 5) is 16.7. The number of nitrogens with one attached hydrogen (secondary N) is 1. The maximum Gasteiger partial charge on any atom is 0.271 e. The second kappa shape index (κ2) is 6.74. The number of ether oxygens (including phenoxy) is 1. The second-order valence-electron chi connectivity index (χ2n) is 6.04. The number of aryl methyl sites for hydroxylation is 1. The van der Waals surface area contributed by atoms with Crippen molar-refractivity contribution in [3.05, 3.63) is 65.6 Å². The lowest BCUT2D eigenvalue weighted by Gasteiger charge is -2.10. The van der Waals surface area contributed by atoms with E-state index < -0.39 is 0 Å². The maximum atomic E-state index is 12.3. The van der Waals surface area contributed by atoms with Crippen LogP contribution in [-0.4, -0.2) is 21.4 Å². The quantitative estimate of drug-likeness (QED) is 0.783. The van der Waals surface area contributed by atoms with Gasteiger partial charge < -0.3 is 14.5 Å². The number of amides is 1. The van der Waals surface area contributed by atoms with Crippen molar-refractivity contribution in [2.45, 2.75) is 33.4 Å². The molecule has 0 aliphatic carbocycles. The molecular weight excluding hydrogens is 302 g/mol. The van der Waals surface area contributed by atoms with Crippen LogP contribution in [-0.2, 0) is 6.54 Å². The zero-order valence-electron chi connectivity index (χ0n) is 14.1. The minimum absolute atomic E-state index is 0.147. The van der Waals surface area contributed by atoms with Gasteiger partial charge >= 0.3 is 0 Å². The molecule has 2 aromatic heterocycles. The van der Waals surface area contributed by atoms with Crippen LogP contribution in [0.15, 0.2) is 48.8 Å². The summed E-state index contributed by atoms with van der Waals surface area (Å²) < 4.78 is 7.47. The minimum atomic E-state index is -0.180. The summed E-state index contributed by atoms with van der Waals surface area (Å²) in [5.74, 6) is 0.650. The van der Waals surface area contributed by atoms with Gasteiger partial charge in [0, 0.05) is 18.9 Å². The summed E-state index contributed by atoms with van der Waals surface area (Å²) in [6, 6.07) is 11.6. The van der Waals surface area contributed by atoms with E-state index in [9.17, 15) is 4.79 Å². The highest BCUT2D eigenvalue weighted by molar-refractivity contribution is 5.92. The van der Waals surface area contributed by atoms with Crippen LogP contribution in [0.4, 0.5) is 0 Å². The standard InChI is InChI=1S/C19H21N3O2/c1-13(2)24-16-8-6-15(7-9-16)11-20-19(23)17-12-22-10-4-5-14(3)18(22)21-17/h4-10,12-13H,11H2,1-3H3,(H,20,23). The fourth-order valence-corrected chi connectivity index (χ4v) is 2.49. The topological polar surface area (TPSA) is 55.6 Å². The molecule has 24 heavy (non-hydrogen) atoms. The third-order valence-corrected chi connectivity index (χ3v) is 3.66. The molecule has 0 aliphatic rings. The molecule has 0 radical (unpaired) electrons. The van der Waals surface area contributed by atoms with Gasteiger partial charge in [-0.2, -0.15) is 0 Å². The zero-order chi connectivity index (χ0) is 17.1. The Hall–Kier alpha value is -2.82. The average molecular weight is 323 g/mol. The van der Waals surface area contributed by atoms with Crippen LogP contribution >= 0.6 is 0 Å². The van der Waals surface area contributed by atoms with Crippen molar-refractivity contribution in [1.82, 2.24) is 14.7 Å². The van der Waals surface area contributed by atoms with E-state index in [0.29, 0.717) is 12.2 Å². The molecule has 3 aromatic rings. The third-order valence-electron chi connectivity index (χ3n) is 3.66. The molecule has 1 amide bonds. The Morgan fingerprint density at radius 2 is 2.00 bits per heavy atom. The van der Waals surface area contributed by atoms with E-state index in [4.69, 9.17) is 4.74 Å². The number of nitrogens with zero attached hydrogens (tertiary/aromatic N) is 2. The van der Waals surface area contributed by atoms with E-state index in [1.165, 1.54) is 0 Å². The van der Waals surface area contributed by atoms with Crippen molar-refractivity contribution >= 4 is 11.6 Å². The number of rotatable bonds is 5. The predicted octanol–water partition coefficient (Wildman–Crippen LogP) is 3.36. The lowest BCUT2D eigenvalue weighted by Crippen LogP contribution is -2.23. The molecule has 0 saturated carbocycles. The summed E-state index contributed by atoms with van der Waals surface area (Å²) in [5, 5.41) is 2.90. The highest BCUT2D eigenvalue weighted by Gasteiger charge is 2.11. The SMILES string of the molecule is Cc1cccn2cc(C(=O)NCc3ccc(OC(C)C)cc3)nc12. The molecule has 124 valence electrons. The molecule has 0 unspecified atom stereocenters. The normalized spacial score (nSPS) is 11.0. The number of aromatic nitrogens is 2. The first kappa shape index (κ1) is 16.1. The largest absolute Gasteiger partial charge is 0.491 e. The number of hydrogen-bond acceptors (Lipinski definition) is 3. The van der Waals surface area contributed by atoms with E-state index in [1.807, 2.05) is 67.8 Å². The fourth-order valence-electron chi connectivity index (χ4n) is 2.49. The molecular formula is C19H21N3O2. The Bertz CT molecular complexity index is 851. The lowest BCUT2D eigenvalue weighted by molar-refractivity contribution is 0.0946. The molecule has 3 rings (SSSR count). The van der Waals surface area contributed by atoms with E-state index >= 15 is 0 Å². The minimum Gasteiger partial charge on any atom is -0.491 e. The molecule has 0 bridgehead atoms. The van der Waals surface area contributed by atoms with Gasteiger partial charge in [0.2, 0.25) is 0 Å². The molecule has 0 saturated heterocycles. The number of pyridine rings is 1. The fraction of sp³-hybridized carbons (Fsp3) is 0.263. The number of fused-ring (bicyclic) bond motifs is 1. The van der Waals surface area contributed by atoms with Crippen LogP contribution in [0.1, 0.15) is 35.5 Å². The Balaban J connectivity index is 1.65. The van der Waals surface area contributed by atoms with Gasteiger partial charge in [-0.25, -0.2) is 4.98 Å². The van der Waals surface area contributed by atoms with E-state index in [2.05, 4.69) is 10.3 Å². The van der Waals surface area contributed by atoms with E-state index in [1.54, 1.807) is 6.20 Å². The van der Waals surface area contributed by atoms with Crippen LogP contribution in [0.2, 0.25) is 0 Å². The van der Waals surface area contributed by atoms with Crippen molar-refractivity contribution in [2.75, 3.05) is 0 Å². The van der Waals surface area contributed by atoms with Gasteiger partial charge in [0.05, 0.1) is 6.10 Å². The third kappa shape index (κ3) is 3.56. The van der Waals surface area contributed by atoms with Crippen LogP contribution in [0.3, 0.4) is 0 Å². The van der Waals surface area contributed by atoms with Gasteiger partial charge in [-0.05, 0) is 50.1 Å². The van der Waals surface area contributed by atoms with Crippen LogP contribution < -0.4 is 10.1 Å². The summed E-state index contributed by atoms with van der Waals surface area (Å²) in [5.41, 5.74) is 3.28. The monoisotopic (exact) mass is 323 g/mol. The molecule has 1 aromatic carbocycles. The number of imidazole rings is 1. The number of benzene rings is 1. The van der Waals surface area contributed by atoms with Gasteiger partial charge in [-0.3, -0.25) is 4.79 Å². The van der Waals surface area contributed by atoms with Gasteiger partial charge in [0.15, 0.2) is 0 Å². The first-order valence-corrected chi connectivity index (χ1v) is 8.01. The molecule has 0 spiro atoms. The number of carbonyl (C=O) groups is 1. The van der Waals surface area contributed by atoms with Crippen molar-refractivity contribution in [3.8, 4) is 5.75 Å². The van der Waals surface area contributed by atoms with E-state index in [-0.39, 0.29) is 12.0 Å². The molecule has 0 fully saturated rings. The first-order chi connectivity index (χ1) is 11.5. The van der Waals surface area contributed by atoms with Crippen LogP contribution in [0.5, 0.6) is 5.75 Å². The van der Waals surface area contributed by atoms with Gasteiger partial charge in [0.25, 0.3) is 5.91 Å². The Morgan fingerprint density at radius 3 is 2.67 bits per heavy atom. The Labute approximate surface area is 141 Å². The van der Waals surface area contributed by atoms with Crippen molar-refractivity contribution in [2.24, 2.45) is 0 Å². The van der Waals surface area contributed by atoms with Crippen LogP contribution in [0, 0.1) is 6.92 Å². The Kier molecular flexibility index (Phi) is 4.51. The van der Waals surface area contributed by atoms with Gasteiger partial charge in [-0.1, -0.05) is 18.2 Å². The highest BCUT2D eigenvalue weighted by atomic mass is 16.5. The number of hydrogen-bond donors (Lipinski definition) is 1. The lowest BCUT2D eigenvalue weighted by atomic mass is 10.2. The average Bonchev–Trinajstić information content (AvgIpc) is 2.99. The summed E-state index contributed by atoms with van der Waals surface area (Å²) in [7, 11) is 0. The molecule has 0 aliphatic heterocycles. The molecule has 5 heteroatoms. The van der Waals surface area contributed by atoms with E-state index in [0.717, 1.165) is 22.5 Å². The smallest absolute Gasteiger partial charge is 0.271 e. The molecule has 2 heterocycles. The van der Waals surface area contributed by atoms with Crippen molar-refractivity contribution < 1.29 is 9.53 Å². The van der Waals surface area contributed by atoms with Gasteiger partial charge in [-0.15, -0.1) is 0 Å². The summed E-state index contributed by atoms with van der Waals surface area (Å²) in [6.07, 6.45) is 3.78. The summed E-state index contributed by atoms with van der Waals surface area (Å²) >= 11 is 0. The molecule has 0 atom stereocenters. The maximum absolute atomic E-state index is 12.3. The summed E-state index contributed by atoms with van der Waals surface area (Å²) in [6.45, 7) is 6.41. The predicted molar refractivity (Wildman–Crippen MR) is 93.3 cm³/mol. The second-order valence-corrected chi connectivity index (χ2v) is 6.04. The van der Waals surface area contributed by atoms with Crippen LogP contribution in [0.25, 0.3) is 5.65 Å². The Morgan fingerprint density at radius 1 is 1.25 bits per heavy atom. The molecule has 1 N–H and O–H groups in total. The van der Waals surface area contributed by atoms with Gasteiger partial charge in [0.1, 0.15) is 17.1 Å².